The molecule has 0 amide bonds. The average Bonchev–Trinajstić information content (AvgIpc) is 2.83. The maximum Gasteiger partial charge on any atom is 4.00 e. The molecule has 5 heteroatoms. The van der Waals surface area contributed by atoms with Crippen molar-refractivity contribution in [2.24, 2.45) is 0 Å². The smallest absolute Gasteiger partial charge is 0.807 e. The summed E-state index contributed by atoms with van der Waals surface area (Å²) in [7, 11) is -4.50. The minimum absolute atomic E-state index is 0. The molecule has 0 atom stereocenters. The second kappa shape index (κ2) is 16.2. The topological polar surface area (TPSA) is 44.6 Å². The first kappa shape index (κ1) is 41.6. The Morgan fingerprint density at radius 1 is 0.465 bits per heavy atom. The molecule has 0 aromatic heterocycles. The SMILES string of the molecule is CC(C)(C)P(=[N-])(Cc1cccc(CP(=[N-])(C(C)(C)C)C(C)(C)C)c1)C(C)(C)C.[CH2-]c1ccccc1.[CH2-]c1ccccc1.[Ti+4]. The van der Waals surface area contributed by atoms with Crippen LogP contribution in [0.5, 0.6) is 0 Å². The summed E-state index contributed by atoms with van der Waals surface area (Å²) in [4.78, 5) is 0. The Bertz CT molecular complexity index is 1180. The van der Waals surface area contributed by atoms with Crippen molar-refractivity contribution in [1.82, 2.24) is 0 Å². The van der Waals surface area contributed by atoms with Crippen molar-refractivity contribution >= 4 is 14.1 Å². The van der Waals surface area contributed by atoms with Gasteiger partial charge in [0.15, 0.2) is 0 Å². The molecule has 0 aliphatic rings. The maximum absolute atomic E-state index is 11.8. The van der Waals surface area contributed by atoms with Crippen molar-refractivity contribution in [3.63, 3.8) is 0 Å². The van der Waals surface area contributed by atoms with Crippen molar-refractivity contribution < 1.29 is 21.7 Å². The number of benzene rings is 3. The van der Waals surface area contributed by atoms with Crippen molar-refractivity contribution in [3.05, 3.63) is 131 Å². The van der Waals surface area contributed by atoms with Crippen LogP contribution in [0.4, 0.5) is 0 Å². The van der Waals surface area contributed by atoms with Crippen LogP contribution < -0.4 is 0 Å². The molecule has 0 aliphatic carbocycles. The minimum Gasteiger partial charge on any atom is -0.807 e. The van der Waals surface area contributed by atoms with Crippen LogP contribution in [-0.4, -0.2) is 20.6 Å². The average molecular weight is 653 g/mol. The van der Waals surface area contributed by atoms with E-state index in [1.165, 1.54) is 11.1 Å². The van der Waals surface area contributed by atoms with Crippen molar-refractivity contribution in [2.45, 2.75) is 116 Å². The van der Waals surface area contributed by atoms with Gasteiger partial charge >= 0.3 is 21.7 Å². The first-order valence-electron chi connectivity index (χ1n) is 15.0. The first-order valence-corrected chi connectivity index (χ1v) is 18.8. The summed E-state index contributed by atoms with van der Waals surface area (Å²) in [5.41, 5.74) is 4.52. The molecule has 43 heavy (non-hydrogen) atoms. The zero-order valence-electron chi connectivity index (χ0n) is 29.2. The first-order chi connectivity index (χ1) is 18.9. The zero-order valence-corrected chi connectivity index (χ0v) is 32.6. The fraction of sp³-hybridized carbons (Fsp3) is 0.474. The summed E-state index contributed by atoms with van der Waals surface area (Å²) in [6.45, 7) is 33.4. The van der Waals surface area contributed by atoms with Crippen LogP contribution in [0.2, 0.25) is 0 Å². The molecular weight excluding hydrogens is 594 g/mol. The molecule has 2 nitrogen and oxygen atoms in total. The quantitative estimate of drug-likeness (QED) is 0.153. The molecule has 0 radical (unpaired) electrons. The van der Waals surface area contributed by atoms with Crippen LogP contribution in [0, 0.1) is 13.8 Å². The molecule has 0 heterocycles. The van der Waals surface area contributed by atoms with Crippen LogP contribution in [0.1, 0.15) is 105 Å². The van der Waals surface area contributed by atoms with E-state index >= 15 is 0 Å². The molecule has 0 fully saturated rings. The number of hydrogen-bond donors (Lipinski definition) is 0. The maximum atomic E-state index is 11.8. The molecule has 0 spiro atoms. The molecule has 234 valence electrons. The van der Waals surface area contributed by atoms with E-state index < -0.39 is 14.1 Å². The molecule has 0 unspecified atom stereocenters. The van der Waals surface area contributed by atoms with Crippen molar-refractivity contribution in [1.29, 1.82) is 0 Å². The van der Waals surface area contributed by atoms with Gasteiger partial charge < -0.3 is 10.3 Å². The van der Waals surface area contributed by atoms with Gasteiger partial charge in [0.2, 0.25) is 0 Å². The van der Waals surface area contributed by atoms with Crippen LogP contribution in [0.25, 0.3) is 10.3 Å². The summed E-state index contributed by atoms with van der Waals surface area (Å²) in [6, 6.07) is 28.3. The van der Waals surface area contributed by atoms with Crippen LogP contribution >= 0.6 is 14.1 Å². The Morgan fingerprint density at radius 3 is 0.907 bits per heavy atom. The summed E-state index contributed by atoms with van der Waals surface area (Å²) in [6.07, 6.45) is 1.44. The van der Waals surface area contributed by atoms with E-state index in [1.54, 1.807) is 0 Å². The van der Waals surface area contributed by atoms with Gasteiger partial charge in [-0.25, -0.2) is 14.1 Å². The summed E-state index contributed by atoms with van der Waals surface area (Å²) >= 11 is 0. The minimum atomic E-state index is -2.25. The molecule has 0 N–H and O–H groups in total. The molecule has 0 aliphatic heterocycles. The van der Waals surface area contributed by atoms with Gasteiger partial charge in [0.25, 0.3) is 0 Å². The molecule has 0 saturated heterocycles. The van der Waals surface area contributed by atoms with E-state index in [-0.39, 0.29) is 42.3 Å². The normalized spacial score (nSPS) is 12.6. The van der Waals surface area contributed by atoms with Gasteiger partial charge in [0, 0.05) is 0 Å². The van der Waals surface area contributed by atoms with E-state index in [2.05, 4.69) is 121 Å². The third-order valence-electron chi connectivity index (χ3n) is 7.94. The molecular formula is C38H58N2P2Ti. The number of rotatable bonds is 4. The van der Waals surface area contributed by atoms with E-state index in [0.29, 0.717) is 0 Å². The zero-order chi connectivity index (χ0) is 32.6. The van der Waals surface area contributed by atoms with Crippen LogP contribution in [0.15, 0.2) is 84.9 Å². The summed E-state index contributed by atoms with van der Waals surface area (Å²) in [5.74, 6) is 0. The Labute approximate surface area is 281 Å². The van der Waals surface area contributed by atoms with E-state index in [9.17, 15) is 10.3 Å². The Balaban J connectivity index is 0.000000947. The summed E-state index contributed by atoms with van der Waals surface area (Å²) < 4.78 is 0. The van der Waals surface area contributed by atoms with E-state index in [4.69, 9.17) is 0 Å². The Morgan fingerprint density at radius 2 is 0.721 bits per heavy atom. The van der Waals surface area contributed by atoms with Gasteiger partial charge in [0.1, 0.15) is 0 Å². The van der Waals surface area contributed by atoms with Crippen LogP contribution in [-0.2, 0) is 34.0 Å². The third kappa shape index (κ3) is 12.1. The molecule has 0 saturated carbocycles. The van der Waals surface area contributed by atoms with Gasteiger partial charge in [-0.3, -0.25) is 0 Å². The van der Waals surface area contributed by atoms with E-state index in [1.807, 2.05) is 60.7 Å². The molecule has 3 aromatic rings. The monoisotopic (exact) mass is 652 g/mol. The predicted octanol–water partition coefficient (Wildman–Crippen LogP) is 13.2. The molecule has 3 rings (SSSR count). The Kier molecular flexibility index (Phi) is 15.7. The van der Waals surface area contributed by atoms with Gasteiger partial charge in [-0.05, 0) is 44.1 Å². The second-order valence-electron chi connectivity index (χ2n) is 15.3. The van der Waals surface area contributed by atoms with Crippen molar-refractivity contribution in [2.75, 3.05) is 0 Å². The molecule has 0 bridgehead atoms. The largest absolute Gasteiger partial charge is 4.00 e. The third-order valence-corrected chi connectivity index (χ3v) is 18.5. The summed E-state index contributed by atoms with van der Waals surface area (Å²) in [5, 5.41) is 23.0. The second-order valence-corrected chi connectivity index (χ2v) is 24.4. The van der Waals surface area contributed by atoms with Gasteiger partial charge in [-0.1, -0.05) is 119 Å². The van der Waals surface area contributed by atoms with E-state index in [0.717, 1.165) is 23.5 Å². The van der Waals surface area contributed by atoms with Crippen molar-refractivity contribution in [3.8, 4) is 0 Å². The molecule has 3 aromatic carbocycles. The van der Waals surface area contributed by atoms with Gasteiger partial charge in [-0.15, -0.1) is 24.3 Å². The standard InChI is InChI=1S/C24H44N2P2.2C7H7.Ti/c1-21(2,3)27(25,22(4,5)6)17-19-14-13-15-20(16-19)18-28(26,23(7,8)9)24(10,11)12;2*1-7-5-3-2-4-6-7;/h13-16H,17-18H2,1-12H3;2*2-6H,1H2;/q-2;2*-1;+4. The van der Waals surface area contributed by atoms with Gasteiger partial charge in [0.05, 0.1) is 0 Å². The number of nitrogens with zero attached hydrogens (tertiary/aromatic N) is 2. The predicted molar refractivity (Wildman–Crippen MR) is 195 cm³/mol. The fourth-order valence-electron chi connectivity index (χ4n) is 5.27. The van der Waals surface area contributed by atoms with Gasteiger partial charge in [-0.2, -0.15) is 49.2 Å². The fourth-order valence-corrected chi connectivity index (χ4v) is 12.6. The number of hydrogen-bond acceptors (Lipinski definition) is 0. The Hall–Kier alpha value is -1.43. The van der Waals surface area contributed by atoms with Crippen LogP contribution in [0.3, 0.4) is 0 Å².